The molecule has 0 aromatic carbocycles. The van der Waals surface area contributed by atoms with Crippen molar-refractivity contribution in [2.24, 2.45) is 11.8 Å². The Morgan fingerprint density at radius 3 is 2.19 bits per heavy atom. The van der Waals surface area contributed by atoms with Crippen molar-refractivity contribution < 1.29 is 4.79 Å². The quantitative estimate of drug-likeness (QED) is 0.852. The third kappa shape index (κ3) is 3.80. The minimum atomic E-state index is 0.0350. The number of carbonyl (C=O) groups excluding carboxylic acids is 1. The lowest BCUT2D eigenvalue weighted by atomic mass is 9.94. The average molecular weight is 294 g/mol. The maximum absolute atomic E-state index is 13.0. The van der Waals surface area contributed by atoms with Crippen LogP contribution < -0.4 is 5.32 Å². The van der Waals surface area contributed by atoms with Gasteiger partial charge in [-0.05, 0) is 24.7 Å². The third-order valence-electron chi connectivity index (χ3n) is 5.48. The zero-order valence-electron chi connectivity index (χ0n) is 14.4. The highest BCUT2D eigenvalue weighted by molar-refractivity contribution is 5.85. The van der Waals surface area contributed by atoms with Gasteiger partial charge in [-0.2, -0.15) is 0 Å². The first-order valence-electron chi connectivity index (χ1n) is 9.14. The molecule has 1 saturated heterocycles. The maximum atomic E-state index is 13.0. The molecule has 0 aromatic rings. The Balaban J connectivity index is 2.14. The molecule has 3 atom stereocenters. The molecule has 1 amide bonds. The first kappa shape index (κ1) is 16.8. The van der Waals surface area contributed by atoms with Crippen molar-refractivity contribution in [2.75, 3.05) is 0 Å². The molecule has 3 heteroatoms. The Kier molecular flexibility index (Phi) is 6.09. The summed E-state index contributed by atoms with van der Waals surface area (Å²) in [5, 5.41) is 3.65. The highest BCUT2D eigenvalue weighted by atomic mass is 16.2. The second-order valence-corrected chi connectivity index (χ2v) is 7.46. The van der Waals surface area contributed by atoms with Crippen molar-refractivity contribution >= 4 is 5.91 Å². The van der Waals surface area contributed by atoms with Crippen LogP contribution in [0.1, 0.15) is 79.1 Å². The van der Waals surface area contributed by atoms with E-state index in [4.69, 9.17) is 0 Å². The molecule has 1 saturated carbocycles. The molecule has 21 heavy (non-hydrogen) atoms. The number of hydrogen-bond acceptors (Lipinski definition) is 2. The number of carbonyl (C=O) groups is 1. The molecule has 1 N–H and O–H groups in total. The SMILES string of the molecule is CCC(C)C1NC(C(C)C)N(C2CCCCCCC2)C1=O. The van der Waals surface area contributed by atoms with Crippen molar-refractivity contribution in [3.8, 4) is 0 Å². The van der Waals surface area contributed by atoms with Crippen LogP contribution in [-0.4, -0.2) is 29.1 Å². The van der Waals surface area contributed by atoms with Gasteiger partial charge < -0.3 is 4.90 Å². The Morgan fingerprint density at radius 1 is 1.10 bits per heavy atom. The molecule has 2 fully saturated rings. The third-order valence-corrected chi connectivity index (χ3v) is 5.48. The summed E-state index contributed by atoms with van der Waals surface area (Å²) in [6.07, 6.45) is 10.3. The van der Waals surface area contributed by atoms with Gasteiger partial charge in [-0.15, -0.1) is 0 Å². The number of nitrogens with zero attached hydrogens (tertiary/aromatic N) is 1. The van der Waals surface area contributed by atoms with Gasteiger partial charge >= 0.3 is 0 Å². The Morgan fingerprint density at radius 2 is 1.67 bits per heavy atom. The van der Waals surface area contributed by atoms with Crippen molar-refractivity contribution in [1.82, 2.24) is 10.2 Å². The van der Waals surface area contributed by atoms with Gasteiger partial charge in [-0.3, -0.25) is 10.1 Å². The van der Waals surface area contributed by atoms with E-state index in [0.29, 0.717) is 23.8 Å². The van der Waals surface area contributed by atoms with Crippen LogP contribution in [0, 0.1) is 11.8 Å². The predicted molar refractivity (Wildman–Crippen MR) is 88.0 cm³/mol. The molecular formula is C18H34N2O. The summed E-state index contributed by atoms with van der Waals surface area (Å²) in [4.78, 5) is 15.2. The molecule has 1 heterocycles. The predicted octanol–water partition coefficient (Wildman–Crippen LogP) is 3.93. The Bertz CT molecular complexity index is 334. The average Bonchev–Trinajstić information content (AvgIpc) is 2.76. The fourth-order valence-corrected chi connectivity index (χ4v) is 3.91. The van der Waals surface area contributed by atoms with Gasteiger partial charge in [0.1, 0.15) is 0 Å². The second kappa shape index (κ2) is 7.62. The van der Waals surface area contributed by atoms with E-state index in [1.807, 2.05) is 0 Å². The van der Waals surface area contributed by atoms with Crippen LogP contribution in [-0.2, 0) is 4.79 Å². The normalized spacial score (nSPS) is 30.5. The standard InChI is InChI=1S/C18H34N2O/c1-5-14(4)16-18(21)20(17(19-16)13(2)3)15-11-9-7-6-8-10-12-15/h13-17,19H,5-12H2,1-4H3. The Hall–Kier alpha value is -0.570. The smallest absolute Gasteiger partial charge is 0.241 e. The van der Waals surface area contributed by atoms with Gasteiger partial charge in [0, 0.05) is 6.04 Å². The van der Waals surface area contributed by atoms with Crippen LogP contribution in [0.3, 0.4) is 0 Å². The van der Waals surface area contributed by atoms with E-state index in [-0.39, 0.29) is 12.2 Å². The monoisotopic (exact) mass is 294 g/mol. The molecule has 1 aliphatic carbocycles. The van der Waals surface area contributed by atoms with E-state index in [1.165, 1.54) is 44.9 Å². The van der Waals surface area contributed by atoms with Gasteiger partial charge in [0.2, 0.25) is 5.91 Å². The molecular weight excluding hydrogens is 260 g/mol. The highest BCUT2D eigenvalue weighted by Gasteiger charge is 2.44. The molecule has 0 radical (unpaired) electrons. The molecule has 2 rings (SSSR count). The molecule has 0 aromatic heterocycles. The van der Waals surface area contributed by atoms with Gasteiger partial charge in [-0.1, -0.05) is 66.2 Å². The summed E-state index contributed by atoms with van der Waals surface area (Å²) >= 11 is 0. The zero-order valence-corrected chi connectivity index (χ0v) is 14.4. The molecule has 3 nitrogen and oxygen atoms in total. The highest BCUT2D eigenvalue weighted by Crippen LogP contribution is 2.30. The van der Waals surface area contributed by atoms with Gasteiger partial charge in [0.15, 0.2) is 0 Å². The number of nitrogens with one attached hydrogen (secondary N) is 1. The van der Waals surface area contributed by atoms with Crippen molar-refractivity contribution in [1.29, 1.82) is 0 Å². The van der Waals surface area contributed by atoms with E-state index < -0.39 is 0 Å². The first-order chi connectivity index (χ1) is 10.1. The summed E-state index contributed by atoms with van der Waals surface area (Å²) in [6.45, 7) is 8.86. The molecule has 122 valence electrons. The summed E-state index contributed by atoms with van der Waals surface area (Å²) in [5.74, 6) is 1.28. The largest absolute Gasteiger partial charge is 0.323 e. The molecule has 0 bridgehead atoms. The van der Waals surface area contributed by atoms with Crippen LogP contribution in [0.15, 0.2) is 0 Å². The summed E-state index contributed by atoms with van der Waals surface area (Å²) in [5.41, 5.74) is 0. The molecule has 2 aliphatic rings. The molecule has 0 spiro atoms. The van der Waals surface area contributed by atoms with Crippen molar-refractivity contribution in [3.63, 3.8) is 0 Å². The second-order valence-electron chi connectivity index (χ2n) is 7.46. The van der Waals surface area contributed by atoms with E-state index in [9.17, 15) is 4.79 Å². The van der Waals surface area contributed by atoms with E-state index in [0.717, 1.165) is 6.42 Å². The van der Waals surface area contributed by atoms with Gasteiger partial charge in [0.25, 0.3) is 0 Å². The van der Waals surface area contributed by atoms with Crippen LogP contribution >= 0.6 is 0 Å². The van der Waals surface area contributed by atoms with E-state index in [1.54, 1.807) is 0 Å². The molecule has 3 unspecified atom stereocenters. The number of amides is 1. The lowest BCUT2D eigenvalue weighted by Gasteiger charge is -2.35. The molecule has 1 aliphatic heterocycles. The van der Waals surface area contributed by atoms with E-state index >= 15 is 0 Å². The van der Waals surface area contributed by atoms with Crippen molar-refractivity contribution in [2.45, 2.75) is 97.3 Å². The number of hydrogen-bond donors (Lipinski definition) is 1. The van der Waals surface area contributed by atoms with Gasteiger partial charge in [0.05, 0.1) is 12.2 Å². The van der Waals surface area contributed by atoms with Crippen LogP contribution in [0.25, 0.3) is 0 Å². The minimum Gasteiger partial charge on any atom is -0.323 e. The zero-order chi connectivity index (χ0) is 15.4. The number of rotatable bonds is 4. The van der Waals surface area contributed by atoms with Crippen LogP contribution in [0.2, 0.25) is 0 Å². The topological polar surface area (TPSA) is 32.3 Å². The lowest BCUT2D eigenvalue weighted by molar-refractivity contribution is -0.134. The summed E-state index contributed by atoms with van der Waals surface area (Å²) < 4.78 is 0. The van der Waals surface area contributed by atoms with E-state index in [2.05, 4.69) is 37.9 Å². The fourth-order valence-electron chi connectivity index (χ4n) is 3.91. The van der Waals surface area contributed by atoms with Gasteiger partial charge in [-0.25, -0.2) is 0 Å². The maximum Gasteiger partial charge on any atom is 0.241 e. The van der Waals surface area contributed by atoms with Crippen LogP contribution in [0.4, 0.5) is 0 Å². The summed E-state index contributed by atoms with van der Waals surface area (Å²) in [7, 11) is 0. The lowest BCUT2D eigenvalue weighted by Crippen LogP contribution is -2.47. The summed E-state index contributed by atoms with van der Waals surface area (Å²) in [6, 6.07) is 0.500. The fraction of sp³-hybridized carbons (Fsp3) is 0.944. The minimum absolute atomic E-state index is 0.0350. The Labute approximate surface area is 130 Å². The first-order valence-corrected chi connectivity index (χ1v) is 9.14. The van der Waals surface area contributed by atoms with Crippen molar-refractivity contribution in [3.05, 3.63) is 0 Å². The van der Waals surface area contributed by atoms with Crippen LogP contribution in [0.5, 0.6) is 0 Å².